The van der Waals surface area contributed by atoms with Crippen molar-refractivity contribution < 1.29 is 19.2 Å². The first-order valence-electron chi connectivity index (χ1n) is 9.76. The van der Waals surface area contributed by atoms with Crippen LogP contribution in [0.2, 0.25) is 0 Å². The molecule has 31 heavy (non-hydrogen) atoms. The minimum absolute atomic E-state index is 0.0494. The van der Waals surface area contributed by atoms with E-state index in [0.29, 0.717) is 17.9 Å². The second-order valence-corrected chi connectivity index (χ2v) is 6.69. The van der Waals surface area contributed by atoms with Crippen LogP contribution in [0.3, 0.4) is 0 Å². The maximum atomic E-state index is 12.1. The summed E-state index contributed by atoms with van der Waals surface area (Å²) in [7, 11) is 1.38. The second-order valence-electron chi connectivity index (χ2n) is 6.69. The van der Waals surface area contributed by atoms with Gasteiger partial charge in [-0.15, -0.1) is 0 Å². The number of methoxy groups -OCH3 is 1. The first-order chi connectivity index (χ1) is 14.8. The fourth-order valence-electron chi connectivity index (χ4n) is 2.74. The maximum absolute atomic E-state index is 12.1. The molecule has 11 nitrogen and oxygen atoms in total. The number of hydrazone groups is 1. The van der Waals surface area contributed by atoms with Gasteiger partial charge in [-0.25, -0.2) is 10.2 Å². The summed E-state index contributed by atoms with van der Waals surface area (Å²) in [6, 6.07) is 4.18. The number of H-pyrrole nitrogens is 1. The summed E-state index contributed by atoms with van der Waals surface area (Å²) in [6.07, 6.45) is 5.11. The summed E-state index contributed by atoms with van der Waals surface area (Å²) in [5, 5.41) is 15.3. The van der Waals surface area contributed by atoms with Gasteiger partial charge >= 0.3 is 11.4 Å². The Morgan fingerprint density at radius 1 is 1.32 bits per heavy atom. The summed E-state index contributed by atoms with van der Waals surface area (Å²) >= 11 is 0. The quantitative estimate of drug-likeness (QED) is 0.240. The van der Waals surface area contributed by atoms with Gasteiger partial charge in [0.25, 0.3) is 5.91 Å². The molecule has 0 atom stereocenters. The zero-order valence-electron chi connectivity index (χ0n) is 17.6. The molecular weight excluding hydrogens is 406 g/mol. The van der Waals surface area contributed by atoms with Crippen molar-refractivity contribution in [3.05, 3.63) is 55.7 Å². The van der Waals surface area contributed by atoms with E-state index in [0.717, 1.165) is 25.7 Å². The van der Waals surface area contributed by atoms with Crippen molar-refractivity contribution in [2.75, 3.05) is 13.7 Å². The maximum Gasteiger partial charge on any atom is 0.345 e. The number of aryl methyl sites for hydroxylation is 1. The first kappa shape index (κ1) is 23.5. The molecule has 0 aliphatic rings. The van der Waals surface area contributed by atoms with Crippen LogP contribution < -0.4 is 20.6 Å². The highest BCUT2D eigenvalue weighted by atomic mass is 16.6. The summed E-state index contributed by atoms with van der Waals surface area (Å²) in [4.78, 5) is 40.4. The van der Waals surface area contributed by atoms with Crippen LogP contribution in [0.5, 0.6) is 11.5 Å². The number of hydrogen-bond acceptors (Lipinski definition) is 8. The molecule has 1 heterocycles. The lowest BCUT2D eigenvalue weighted by Gasteiger charge is -2.12. The van der Waals surface area contributed by atoms with Crippen LogP contribution in [-0.4, -0.2) is 40.7 Å². The molecule has 0 spiro atoms. The number of aromatic amines is 1. The topological polar surface area (TPSA) is 149 Å². The number of amides is 1. The summed E-state index contributed by atoms with van der Waals surface area (Å²) < 4.78 is 10.9. The molecule has 11 heteroatoms. The number of ether oxygens (including phenoxy) is 2. The fraction of sp³-hybridized carbons (Fsp3) is 0.400. The van der Waals surface area contributed by atoms with Crippen LogP contribution >= 0.6 is 0 Å². The van der Waals surface area contributed by atoms with Crippen LogP contribution in [0.25, 0.3) is 0 Å². The van der Waals surface area contributed by atoms with Crippen LogP contribution in [0, 0.1) is 17.0 Å². The molecule has 0 aliphatic carbocycles. The SMILES string of the molecule is CCCCCCOc1c(OC)cc(/C=N/NC(=O)c2cc(C)[nH]c(=O)n2)cc1[N+](=O)[O-]. The van der Waals surface area contributed by atoms with E-state index in [4.69, 9.17) is 9.47 Å². The number of nitrogens with zero attached hydrogens (tertiary/aromatic N) is 3. The molecule has 1 aromatic heterocycles. The zero-order chi connectivity index (χ0) is 22.8. The van der Waals surface area contributed by atoms with E-state index in [9.17, 15) is 19.7 Å². The Hall–Kier alpha value is -3.76. The third-order valence-corrected chi connectivity index (χ3v) is 4.21. The van der Waals surface area contributed by atoms with Crippen molar-refractivity contribution in [1.82, 2.24) is 15.4 Å². The summed E-state index contributed by atoms with van der Waals surface area (Å²) in [5.41, 5.74) is 1.99. The Kier molecular flexibility index (Phi) is 8.67. The number of benzene rings is 1. The molecule has 1 aromatic carbocycles. The Balaban J connectivity index is 2.16. The van der Waals surface area contributed by atoms with Crippen molar-refractivity contribution >= 4 is 17.8 Å². The monoisotopic (exact) mass is 431 g/mol. The van der Waals surface area contributed by atoms with E-state index in [1.165, 1.54) is 31.5 Å². The van der Waals surface area contributed by atoms with Crippen molar-refractivity contribution in [3.8, 4) is 11.5 Å². The summed E-state index contributed by atoms with van der Waals surface area (Å²) in [6.45, 7) is 4.04. The van der Waals surface area contributed by atoms with Gasteiger partial charge in [-0.2, -0.15) is 10.1 Å². The van der Waals surface area contributed by atoms with Crippen molar-refractivity contribution in [2.45, 2.75) is 39.5 Å². The number of nitrogens with one attached hydrogen (secondary N) is 2. The van der Waals surface area contributed by atoms with E-state index in [-0.39, 0.29) is 22.9 Å². The molecule has 2 rings (SSSR count). The van der Waals surface area contributed by atoms with Crippen molar-refractivity contribution in [3.63, 3.8) is 0 Å². The number of carbonyl (C=O) groups excluding carboxylic acids is 1. The van der Waals surface area contributed by atoms with Crippen LogP contribution in [0.1, 0.15) is 54.4 Å². The average Bonchev–Trinajstić information content (AvgIpc) is 2.72. The Morgan fingerprint density at radius 2 is 2.10 bits per heavy atom. The molecule has 0 saturated heterocycles. The van der Waals surface area contributed by atoms with E-state index < -0.39 is 16.5 Å². The number of hydrogen-bond donors (Lipinski definition) is 2. The van der Waals surface area contributed by atoms with Crippen molar-refractivity contribution in [1.29, 1.82) is 0 Å². The average molecular weight is 431 g/mol. The number of carbonyl (C=O) groups is 1. The standard InChI is InChI=1S/C20H25N5O6/c1-4-5-6-7-8-31-18-16(25(28)29)10-14(11-17(18)30-3)12-21-24-19(26)15-9-13(2)22-20(27)23-15/h9-12H,4-8H2,1-3H3,(H,24,26)(H,22,23,27)/b21-12+. The van der Waals surface area contributed by atoms with Crippen LogP contribution in [0.15, 0.2) is 28.1 Å². The number of nitro groups is 1. The number of nitro benzene ring substituents is 1. The van der Waals surface area contributed by atoms with Gasteiger partial charge < -0.3 is 14.5 Å². The largest absolute Gasteiger partial charge is 0.493 e. The van der Waals surface area contributed by atoms with Gasteiger partial charge in [0.05, 0.1) is 24.9 Å². The molecule has 0 bridgehead atoms. The van der Waals surface area contributed by atoms with Crippen LogP contribution in [0.4, 0.5) is 5.69 Å². The lowest BCUT2D eigenvalue weighted by atomic mass is 10.1. The molecule has 166 valence electrons. The molecular formula is C20H25N5O6. The predicted molar refractivity (Wildman–Crippen MR) is 114 cm³/mol. The first-order valence-corrected chi connectivity index (χ1v) is 9.76. The minimum Gasteiger partial charge on any atom is -0.493 e. The Labute approximate surface area is 178 Å². The molecule has 2 aromatic rings. The van der Waals surface area contributed by atoms with E-state index in [1.807, 2.05) is 0 Å². The van der Waals surface area contributed by atoms with Crippen molar-refractivity contribution in [2.24, 2.45) is 5.10 Å². The number of aromatic nitrogens is 2. The Morgan fingerprint density at radius 3 is 2.74 bits per heavy atom. The molecule has 0 fully saturated rings. The minimum atomic E-state index is -0.695. The van der Waals surface area contributed by atoms with Gasteiger partial charge in [0.1, 0.15) is 5.69 Å². The molecule has 0 saturated carbocycles. The Bertz CT molecular complexity index is 1020. The van der Waals surface area contributed by atoms with Crippen LogP contribution in [-0.2, 0) is 0 Å². The third-order valence-electron chi connectivity index (χ3n) is 4.21. The highest BCUT2D eigenvalue weighted by Crippen LogP contribution is 2.38. The van der Waals surface area contributed by atoms with Gasteiger partial charge in [-0.3, -0.25) is 14.9 Å². The van der Waals surface area contributed by atoms with Gasteiger partial charge in [-0.1, -0.05) is 26.2 Å². The third kappa shape index (κ3) is 6.91. The van der Waals surface area contributed by atoms with Gasteiger partial charge in [-0.05, 0) is 25.5 Å². The van der Waals surface area contributed by atoms with Gasteiger partial charge in [0, 0.05) is 17.3 Å². The molecule has 2 N–H and O–H groups in total. The second kappa shape index (κ2) is 11.4. The lowest BCUT2D eigenvalue weighted by Crippen LogP contribution is -2.24. The smallest absolute Gasteiger partial charge is 0.345 e. The molecule has 0 unspecified atom stereocenters. The van der Waals surface area contributed by atoms with Gasteiger partial charge in [0.15, 0.2) is 5.75 Å². The molecule has 0 aliphatic heterocycles. The van der Waals surface area contributed by atoms with E-state index >= 15 is 0 Å². The summed E-state index contributed by atoms with van der Waals surface area (Å²) in [5.74, 6) is -0.461. The molecule has 1 amide bonds. The number of rotatable bonds is 11. The zero-order valence-corrected chi connectivity index (χ0v) is 17.6. The fourth-order valence-corrected chi connectivity index (χ4v) is 2.74. The highest BCUT2D eigenvalue weighted by molar-refractivity contribution is 5.93. The predicted octanol–water partition coefficient (Wildman–Crippen LogP) is 2.72. The van der Waals surface area contributed by atoms with Gasteiger partial charge in [0.2, 0.25) is 5.75 Å². The highest BCUT2D eigenvalue weighted by Gasteiger charge is 2.22. The normalized spacial score (nSPS) is 10.8. The van der Waals surface area contributed by atoms with E-state index in [1.54, 1.807) is 6.92 Å². The van der Waals surface area contributed by atoms with E-state index in [2.05, 4.69) is 27.4 Å². The molecule has 0 radical (unpaired) electrons. The number of unbranched alkanes of at least 4 members (excludes halogenated alkanes) is 3. The lowest BCUT2D eigenvalue weighted by molar-refractivity contribution is -0.386.